The summed E-state index contributed by atoms with van der Waals surface area (Å²) in [5.41, 5.74) is 2.42. The minimum atomic E-state index is -0.0855. The van der Waals surface area contributed by atoms with Crippen molar-refractivity contribution < 1.29 is 24.1 Å². The molecule has 2 aliphatic heterocycles. The van der Waals surface area contributed by atoms with Gasteiger partial charge in [0.2, 0.25) is 0 Å². The summed E-state index contributed by atoms with van der Waals surface area (Å²) in [7, 11) is 0. The van der Waals surface area contributed by atoms with Crippen LogP contribution >= 0.6 is 23.5 Å². The maximum Gasteiger partial charge on any atom is 0.134 e. The zero-order valence-corrected chi connectivity index (χ0v) is 31.7. The van der Waals surface area contributed by atoms with Crippen molar-refractivity contribution in [1.82, 2.24) is 0 Å². The molecule has 4 aromatic carbocycles. The molecule has 10 atom stereocenters. The van der Waals surface area contributed by atoms with E-state index in [0.717, 1.165) is 0 Å². The van der Waals surface area contributed by atoms with Gasteiger partial charge in [-0.15, -0.1) is 0 Å². The molecule has 5 nitrogen and oxygen atoms in total. The van der Waals surface area contributed by atoms with Gasteiger partial charge >= 0.3 is 0 Å². The predicted octanol–water partition coefficient (Wildman–Crippen LogP) is 9.98. The number of thioether (sulfide) groups is 2. The number of rotatable bonds is 12. The van der Waals surface area contributed by atoms with E-state index < -0.39 is 0 Å². The zero-order valence-electron chi connectivity index (χ0n) is 30.0. The average Bonchev–Trinajstić information content (AvgIpc) is 3.15. The third-order valence-corrected chi connectivity index (χ3v) is 12.8. The number of ether oxygens (including phenoxy) is 4. The molecule has 4 unspecified atom stereocenters. The molecule has 2 saturated heterocycles. The summed E-state index contributed by atoms with van der Waals surface area (Å²) in [5, 5.41) is 9.42. The second-order valence-electron chi connectivity index (χ2n) is 13.7. The Morgan fingerprint density at radius 3 is 1.52 bits per heavy atom. The molecule has 0 spiro atoms. The van der Waals surface area contributed by atoms with Gasteiger partial charge in [-0.25, -0.2) is 0 Å². The molecule has 0 aromatic heterocycles. The molecule has 1 N–H and O–H groups in total. The standard InChI is InChI=1S/C28H32O3S.C15H22O2S/c1-21-22(2)27(30-19-24-14-8-4-9-15-24)28(32-25-16-10-5-11-17-25)31-26(21)20-29-18-23-12-6-3-7-13-23;1-10-11(2)14(9-16)17-15(12(10)3)18-13-7-5-4-6-8-13/h3-17,21-22,26-28H,18-20H2,1-2H3;4-8,10-12,14-16H,9H2,1-3H3/t21-,22-,26?,27?,28-;10-,11-,12?,14?,15-/m00/s1. The van der Waals surface area contributed by atoms with Gasteiger partial charge in [0.15, 0.2) is 0 Å². The normalized spacial score (nSPS) is 29.5. The van der Waals surface area contributed by atoms with Crippen molar-refractivity contribution in [2.45, 2.75) is 86.8 Å². The van der Waals surface area contributed by atoms with E-state index in [1.54, 1.807) is 23.5 Å². The van der Waals surface area contributed by atoms with Gasteiger partial charge in [0.05, 0.1) is 44.7 Å². The van der Waals surface area contributed by atoms with Crippen molar-refractivity contribution >= 4 is 23.5 Å². The molecule has 2 heterocycles. The van der Waals surface area contributed by atoms with E-state index in [4.69, 9.17) is 18.9 Å². The summed E-state index contributed by atoms with van der Waals surface area (Å²) in [6.45, 7) is 13.1. The summed E-state index contributed by atoms with van der Waals surface area (Å²) in [6.07, 6.45) is 0.00435. The van der Waals surface area contributed by atoms with Gasteiger partial charge in [0.25, 0.3) is 0 Å². The lowest BCUT2D eigenvalue weighted by atomic mass is 9.80. The Bertz CT molecular complexity index is 1490. The molecule has 0 saturated carbocycles. The number of hydrogen-bond donors (Lipinski definition) is 1. The fourth-order valence-electron chi connectivity index (χ4n) is 6.51. The van der Waals surface area contributed by atoms with Crippen molar-refractivity contribution in [3.05, 3.63) is 132 Å². The second-order valence-corrected chi connectivity index (χ2v) is 16.0. The summed E-state index contributed by atoms with van der Waals surface area (Å²) < 4.78 is 25.2. The van der Waals surface area contributed by atoms with Crippen molar-refractivity contribution in [1.29, 1.82) is 0 Å². The summed E-state index contributed by atoms with van der Waals surface area (Å²) in [6, 6.07) is 41.4. The maximum atomic E-state index is 9.42. The number of hydrogen-bond acceptors (Lipinski definition) is 7. The molecule has 0 aliphatic carbocycles. The van der Waals surface area contributed by atoms with Crippen LogP contribution in [0.15, 0.2) is 131 Å². The molecule has 2 fully saturated rings. The van der Waals surface area contributed by atoms with E-state index in [1.165, 1.54) is 20.9 Å². The van der Waals surface area contributed by atoms with Crippen LogP contribution in [0.4, 0.5) is 0 Å². The number of aliphatic hydroxyl groups is 1. The number of benzene rings is 4. The van der Waals surface area contributed by atoms with Crippen molar-refractivity contribution in [3.8, 4) is 0 Å². The summed E-state index contributed by atoms with van der Waals surface area (Å²) in [4.78, 5) is 2.42. The first kappa shape index (κ1) is 38.6. The van der Waals surface area contributed by atoms with Crippen LogP contribution in [-0.2, 0) is 32.2 Å². The van der Waals surface area contributed by atoms with Gasteiger partial charge in [-0.3, -0.25) is 0 Å². The first-order chi connectivity index (χ1) is 24.3. The molecule has 0 amide bonds. The highest BCUT2D eigenvalue weighted by molar-refractivity contribution is 8.00. The Morgan fingerprint density at radius 1 is 0.520 bits per heavy atom. The van der Waals surface area contributed by atoms with E-state index in [9.17, 15) is 5.11 Å². The first-order valence-electron chi connectivity index (χ1n) is 18.0. The fourth-order valence-corrected chi connectivity index (χ4v) is 8.99. The molecule has 0 bridgehead atoms. The predicted molar refractivity (Wildman–Crippen MR) is 206 cm³/mol. The van der Waals surface area contributed by atoms with E-state index in [0.29, 0.717) is 49.4 Å². The molecule has 6 rings (SSSR count). The van der Waals surface area contributed by atoms with Crippen LogP contribution in [0.3, 0.4) is 0 Å². The van der Waals surface area contributed by atoms with E-state index in [2.05, 4.69) is 107 Å². The van der Waals surface area contributed by atoms with Gasteiger partial charge < -0.3 is 24.1 Å². The third kappa shape index (κ3) is 10.9. The second kappa shape index (κ2) is 19.8. The topological polar surface area (TPSA) is 57.2 Å². The highest BCUT2D eigenvalue weighted by atomic mass is 32.2. The van der Waals surface area contributed by atoms with Crippen LogP contribution in [0, 0.1) is 29.6 Å². The van der Waals surface area contributed by atoms with Crippen LogP contribution in [0.1, 0.15) is 45.7 Å². The highest BCUT2D eigenvalue weighted by Crippen LogP contribution is 2.42. The van der Waals surface area contributed by atoms with Gasteiger partial charge in [0.1, 0.15) is 10.9 Å². The summed E-state index contributed by atoms with van der Waals surface area (Å²) in [5.74, 6) is 2.15. The first-order valence-corrected chi connectivity index (χ1v) is 19.7. The van der Waals surface area contributed by atoms with Crippen molar-refractivity contribution in [2.24, 2.45) is 29.6 Å². The Labute approximate surface area is 308 Å². The molecule has 7 heteroatoms. The van der Waals surface area contributed by atoms with Gasteiger partial charge in [-0.2, -0.15) is 0 Å². The number of aliphatic hydroxyl groups excluding tert-OH is 1. The van der Waals surface area contributed by atoms with Gasteiger partial charge in [-0.05, 0) is 65.0 Å². The van der Waals surface area contributed by atoms with Crippen LogP contribution < -0.4 is 0 Å². The molecule has 2 aliphatic rings. The fraction of sp³-hybridized carbons (Fsp3) is 0.442. The van der Waals surface area contributed by atoms with Crippen LogP contribution in [-0.4, -0.2) is 47.5 Å². The molecule has 50 heavy (non-hydrogen) atoms. The van der Waals surface area contributed by atoms with Gasteiger partial charge in [0, 0.05) is 9.79 Å². The Hall–Kier alpha value is -2.62. The Balaban J connectivity index is 0.000000228. The van der Waals surface area contributed by atoms with Crippen LogP contribution in [0.25, 0.3) is 0 Å². The molecular weight excluding hydrogens is 661 g/mol. The minimum Gasteiger partial charge on any atom is -0.394 e. The van der Waals surface area contributed by atoms with E-state index >= 15 is 0 Å². The lowest BCUT2D eigenvalue weighted by molar-refractivity contribution is -0.174. The molecule has 0 radical (unpaired) electrons. The van der Waals surface area contributed by atoms with Gasteiger partial charge in [-0.1, -0.05) is 155 Å². The summed E-state index contributed by atoms with van der Waals surface area (Å²) >= 11 is 3.51. The van der Waals surface area contributed by atoms with Crippen molar-refractivity contribution in [3.63, 3.8) is 0 Å². The lowest BCUT2D eigenvalue weighted by Gasteiger charge is -2.44. The molecule has 4 aromatic rings. The minimum absolute atomic E-state index is 0.000727. The van der Waals surface area contributed by atoms with Crippen LogP contribution in [0.2, 0.25) is 0 Å². The third-order valence-electron chi connectivity index (χ3n) is 10.3. The largest absolute Gasteiger partial charge is 0.394 e. The smallest absolute Gasteiger partial charge is 0.134 e. The maximum absolute atomic E-state index is 9.42. The molecular formula is C43H54O5S2. The molecule has 268 valence electrons. The van der Waals surface area contributed by atoms with E-state index in [-0.39, 0.29) is 35.8 Å². The zero-order chi connectivity index (χ0) is 35.3. The Kier molecular flexibility index (Phi) is 15.3. The quantitative estimate of drug-likeness (QED) is 0.157. The van der Waals surface area contributed by atoms with Crippen molar-refractivity contribution in [2.75, 3.05) is 13.2 Å². The Morgan fingerprint density at radius 2 is 0.980 bits per heavy atom. The average molecular weight is 715 g/mol. The lowest BCUT2D eigenvalue weighted by Crippen LogP contribution is -2.50. The van der Waals surface area contributed by atoms with Crippen LogP contribution in [0.5, 0.6) is 0 Å². The highest BCUT2D eigenvalue weighted by Gasteiger charge is 2.43. The van der Waals surface area contributed by atoms with E-state index in [1.807, 2.05) is 48.5 Å². The SMILES string of the molecule is CC1[C@@H](C)[C@H](C)C(CO)O[C@H]1Sc1ccccc1.C[C@@H]1C(COCc2ccccc2)O[C@@H](Sc2ccccc2)C(OCc2ccccc2)[C@H]1C. The monoisotopic (exact) mass is 714 g/mol.